The Bertz CT molecular complexity index is 604. The predicted octanol–water partition coefficient (Wildman–Crippen LogP) is 3.91. The molecule has 1 aromatic heterocycles. The summed E-state index contributed by atoms with van der Waals surface area (Å²) in [5.41, 5.74) is 2.47. The van der Waals surface area contributed by atoms with Gasteiger partial charge in [-0.15, -0.1) is 11.6 Å². The van der Waals surface area contributed by atoms with E-state index in [4.69, 9.17) is 16.0 Å². The van der Waals surface area contributed by atoms with Crippen LogP contribution in [-0.4, -0.2) is 11.8 Å². The molecule has 2 rings (SSSR count). The Labute approximate surface area is 123 Å². The summed E-state index contributed by atoms with van der Waals surface area (Å²) in [6, 6.07) is 9.49. The van der Waals surface area contributed by atoms with E-state index >= 15 is 0 Å². The molecule has 106 valence electrons. The van der Waals surface area contributed by atoms with E-state index in [0.717, 1.165) is 16.9 Å². The normalized spacial score (nSPS) is 12.2. The van der Waals surface area contributed by atoms with Crippen molar-refractivity contribution in [1.29, 1.82) is 0 Å². The Hall–Kier alpha value is -1.74. The molecule has 1 atom stereocenters. The molecule has 0 aliphatic carbocycles. The Morgan fingerprint density at radius 1 is 1.20 bits per heavy atom. The van der Waals surface area contributed by atoms with Gasteiger partial charge in [-0.2, -0.15) is 0 Å². The van der Waals surface area contributed by atoms with Gasteiger partial charge in [-0.25, -0.2) is 0 Å². The minimum Gasteiger partial charge on any atom is -0.466 e. The number of carbonyl (C=O) groups is 1. The van der Waals surface area contributed by atoms with Gasteiger partial charge in [0, 0.05) is 11.4 Å². The lowest BCUT2D eigenvalue weighted by atomic mass is 10.1. The number of hydrogen-bond donors (Lipinski definition) is 1. The van der Waals surface area contributed by atoms with E-state index in [0.29, 0.717) is 17.2 Å². The Kier molecular flexibility index (Phi) is 4.50. The van der Waals surface area contributed by atoms with Crippen LogP contribution in [0, 0.1) is 20.8 Å². The van der Waals surface area contributed by atoms with Crippen molar-refractivity contribution in [3.05, 3.63) is 58.5 Å². The molecule has 1 heterocycles. The second kappa shape index (κ2) is 6.14. The van der Waals surface area contributed by atoms with E-state index in [1.54, 1.807) is 6.92 Å². The number of rotatable bonds is 4. The molecule has 0 fully saturated rings. The first-order valence-electron chi connectivity index (χ1n) is 6.53. The van der Waals surface area contributed by atoms with E-state index in [9.17, 15) is 4.79 Å². The predicted molar refractivity (Wildman–Crippen MR) is 80.3 cm³/mol. The lowest BCUT2D eigenvalue weighted by molar-refractivity contribution is 0.0938. The molecule has 1 N–H and O–H groups in total. The Balaban J connectivity index is 2.22. The number of halogens is 1. The lowest BCUT2D eigenvalue weighted by Gasteiger charge is -2.16. The van der Waals surface area contributed by atoms with Crippen molar-refractivity contribution in [3.8, 4) is 0 Å². The average Bonchev–Trinajstić information content (AvgIpc) is 2.70. The minimum atomic E-state index is -0.209. The van der Waals surface area contributed by atoms with E-state index < -0.39 is 0 Å². The maximum absolute atomic E-state index is 12.4. The van der Waals surface area contributed by atoms with Crippen LogP contribution in [0.5, 0.6) is 0 Å². The molecular formula is C16H18ClNO2. The van der Waals surface area contributed by atoms with E-state index in [1.807, 2.05) is 44.2 Å². The fraction of sp³-hybridized carbons (Fsp3) is 0.312. The van der Waals surface area contributed by atoms with Gasteiger partial charge >= 0.3 is 0 Å². The number of carbonyl (C=O) groups excluding carboxylic acids is 1. The van der Waals surface area contributed by atoms with Gasteiger partial charge < -0.3 is 9.73 Å². The van der Waals surface area contributed by atoms with Crippen LogP contribution in [0.15, 0.2) is 34.7 Å². The monoisotopic (exact) mass is 291 g/mol. The SMILES string of the molecule is Cc1oc(C)c(C(=O)NC(CCl)c2ccccc2)c1C. The molecule has 0 saturated carbocycles. The third kappa shape index (κ3) is 2.88. The number of hydrogen-bond acceptors (Lipinski definition) is 2. The van der Waals surface area contributed by atoms with E-state index in [2.05, 4.69) is 5.32 Å². The number of nitrogens with one attached hydrogen (secondary N) is 1. The maximum atomic E-state index is 12.4. The van der Waals surface area contributed by atoms with Gasteiger partial charge in [-0.3, -0.25) is 4.79 Å². The molecule has 0 aliphatic rings. The quantitative estimate of drug-likeness (QED) is 0.868. The van der Waals surface area contributed by atoms with Crippen LogP contribution in [0.2, 0.25) is 0 Å². The third-order valence-electron chi connectivity index (χ3n) is 3.45. The third-order valence-corrected chi connectivity index (χ3v) is 3.76. The fourth-order valence-electron chi connectivity index (χ4n) is 2.25. The summed E-state index contributed by atoms with van der Waals surface area (Å²) in [5.74, 6) is 1.59. The van der Waals surface area contributed by atoms with Crippen molar-refractivity contribution in [1.82, 2.24) is 5.32 Å². The second-order valence-electron chi connectivity index (χ2n) is 4.81. The largest absolute Gasteiger partial charge is 0.466 e. The molecule has 0 radical (unpaired) electrons. The Morgan fingerprint density at radius 2 is 1.85 bits per heavy atom. The summed E-state index contributed by atoms with van der Waals surface area (Å²) in [4.78, 5) is 12.4. The molecule has 0 saturated heterocycles. The lowest BCUT2D eigenvalue weighted by Crippen LogP contribution is -2.30. The van der Waals surface area contributed by atoms with Crippen LogP contribution in [-0.2, 0) is 0 Å². The number of amides is 1. The summed E-state index contributed by atoms with van der Waals surface area (Å²) < 4.78 is 5.49. The van der Waals surface area contributed by atoms with Crippen LogP contribution >= 0.6 is 11.6 Å². The number of furan rings is 1. The molecule has 1 unspecified atom stereocenters. The van der Waals surface area contributed by atoms with Gasteiger partial charge in [-0.05, 0) is 26.3 Å². The molecule has 1 aromatic carbocycles. The van der Waals surface area contributed by atoms with Gasteiger partial charge in [-0.1, -0.05) is 30.3 Å². The first-order valence-corrected chi connectivity index (χ1v) is 7.06. The van der Waals surface area contributed by atoms with Crippen molar-refractivity contribution < 1.29 is 9.21 Å². The number of aryl methyl sites for hydroxylation is 2. The highest BCUT2D eigenvalue weighted by Gasteiger charge is 2.21. The van der Waals surface area contributed by atoms with Crippen LogP contribution in [0.25, 0.3) is 0 Å². The van der Waals surface area contributed by atoms with Crippen molar-refractivity contribution in [2.75, 3.05) is 5.88 Å². The average molecular weight is 292 g/mol. The van der Waals surface area contributed by atoms with Gasteiger partial charge in [0.15, 0.2) is 0 Å². The van der Waals surface area contributed by atoms with Crippen molar-refractivity contribution >= 4 is 17.5 Å². The zero-order chi connectivity index (χ0) is 14.7. The zero-order valence-corrected chi connectivity index (χ0v) is 12.6. The first-order chi connectivity index (χ1) is 9.54. The fourth-order valence-corrected chi connectivity index (χ4v) is 2.51. The molecule has 0 spiro atoms. The van der Waals surface area contributed by atoms with Gasteiger partial charge in [0.2, 0.25) is 0 Å². The first kappa shape index (κ1) is 14.7. The van der Waals surface area contributed by atoms with Crippen LogP contribution < -0.4 is 5.32 Å². The van der Waals surface area contributed by atoms with Crippen molar-refractivity contribution in [2.24, 2.45) is 0 Å². The molecule has 1 amide bonds. The molecule has 0 aliphatic heterocycles. The maximum Gasteiger partial charge on any atom is 0.255 e. The summed E-state index contributed by atoms with van der Waals surface area (Å²) in [7, 11) is 0. The molecule has 0 bridgehead atoms. The summed E-state index contributed by atoms with van der Waals surface area (Å²) >= 11 is 5.98. The zero-order valence-electron chi connectivity index (χ0n) is 11.9. The molecule has 3 nitrogen and oxygen atoms in total. The standard InChI is InChI=1S/C16H18ClNO2/c1-10-11(2)20-12(3)15(10)16(19)18-14(9-17)13-7-5-4-6-8-13/h4-8,14H,9H2,1-3H3,(H,18,19). The summed E-state index contributed by atoms with van der Waals surface area (Å²) in [6.45, 7) is 5.54. The topological polar surface area (TPSA) is 42.2 Å². The van der Waals surface area contributed by atoms with Crippen molar-refractivity contribution in [2.45, 2.75) is 26.8 Å². The van der Waals surface area contributed by atoms with Gasteiger partial charge in [0.1, 0.15) is 11.5 Å². The van der Waals surface area contributed by atoms with Crippen LogP contribution in [0.3, 0.4) is 0 Å². The van der Waals surface area contributed by atoms with E-state index in [1.165, 1.54) is 0 Å². The van der Waals surface area contributed by atoms with Gasteiger partial charge in [0.25, 0.3) is 5.91 Å². The number of alkyl halides is 1. The smallest absolute Gasteiger partial charge is 0.255 e. The van der Waals surface area contributed by atoms with Crippen LogP contribution in [0.1, 0.15) is 39.0 Å². The summed E-state index contributed by atoms with van der Waals surface area (Å²) in [6.07, 6.45) is 0. The molecular weight excluding hydrogens is 274 g/mol. The molecule has 2 aromatic rings. The highest BCUT2D eigenvalue weighted by atomic mass is 35.5. The minimum absolute atomic E-state index is 0.147. The highest BCUT2D eigenvalue weighted by molar-refractivity contribution is 6.18. The second-order valence-corrected chi connectivity index (χ2v) is 5.11. The van der Waals surface area contributed by atoms with Gasteiger partial charge in [0.05, 0.1) is 11.6 Å². The highest BCUT2D eigenvalue weighted by Crippen LogP contribution is 2.22. The van der Waals surface area contributed by atoms with E-state index in [-0.39, 0.29) is 11.9 Å². The van der Waals surface area contributed by atoms with Crippen molar-refractivity contribution in [3.63, 3.8) is 0 Å². The molecule has 4 heteroatoms. The molecule has 20 heavy (non-hydrogen) atoms. The summed E-state index contributed by atoms with van der Waals surface area (Å²) in [5, 5.41) is 2.96. The van der Waals surface area contributed by atoms with Crippen LogP contribution in [0.4, 0.5) is 0 Å². The number of benzene rings is 1. The Morgan fingerprint density at radius 3 is 2.35 bits per heavy atom.